The van der Waals surface area contributed by atoms with Gasteiger partial charge in [-0.25, -0.2) is 13.6 Å². The zero-order valence-corrected chi connectivity index (χ0v) is 14.3. The van der Waals surface area contributed by atoms with Crippen LogP contribution in [0.2, 0.25) is 0 Å². The molecule has 4 nitrogen and oxygen atoms in total. The summed E-state index contributed by atoms with van der Waals surface area (Å²) in [6.07, 6.45) is 3.37. The minimum absolute atomic E-state index is 0.00891. The van der Waals surface area contributed by atoms with Gasteiger partial charge in [0.05, 0.1) is 6.04 Å². The topological polar surface area (TPSA) is 52.6 Å². The molecule has 1 heterocycles. The second-order valence-electron chi connectivity index (χ2n) is 6.69. The number of nitrogens with one attached hydrogen (secondary N) is 1. The molecule has 2 rings (SSSR count). The van der Waals surface area contributed by atoms with Crippen LogP contribution in [0.5, 0.6) is 0 Å². The fourth-order valence-electron chi connectivity index (χ4n) is 3.29. The first kappa shape index (κ1) is 18.6. The summed E-state index contributed by atoms with van der Waals surface area (Å²) in [5.74, 6) is -1.33. The van der Waals surface area contributed by atoms with E-state index in [-0.39, 0.29) is 30.2 Å². The van der Waals surface area contributed by atoms with Crippen molar-refractivity contribution in [2.24, 2.45) is 5.92 Å². The zero-order chi connectivity index (χ0) is 17.7. The Kier molecular flexibility index (Phi) is 6.54. The molecule has 2 unspecified atom stereocenters. The lowest BCUT2D eigenvalue weighted by atomic mass is 9.95. The Morgan fingerprint density at radius 3 is 2.75 bits per heavy atom. The fraction of sp³-hybridized carbons (Fsp3) is 0.611. The second kappa shape index (κ2) is 8.42. The van der Waals surface area contributed by atoms with Gasteiger partial charge in [0.25, 0.3) is 0 Å². The van der Waals surface area contributed by atoms with Crippen molar-refractivity contribution in [1.82, 2.24) is 10.2 Å². The summed E-state index contributed by atoms with van der Waals surface area (Å²) in [4.78, 5) is 14.4. The number of benzene rings is 1. The van der Waals surface area contributed by atoms with E-state index in [1.165, 1.54) is 12.1 Å². The van der Waals surface area contributed by atoms with Crippen LogP contribution in [0.3, 0.4) is 0 Å². The number of carbonyl (C=O) groups is 1. The number of likely N-dealkylation sites (tertiary alicyclic amines) is 1. The van der Waals surface area contributed by atoms with Gasteiger partial charge in [-0.3, -0.25) is 0 Å². The molecule has 134 valence electrons. The Bertz CT molecular complexity index is 564. The first-order chi connectivity index (χ1) is 11.4. The van der Waals surface area contributed by atoms with Crippen LogP contribution in [0.15, 0.2) is 18.2 Å². The average Bonchev–Trinajstić information content (AvgIpc) is 2.53. The number of aliphatic hydroxyl groups is 1. The lowest BCUT2D eigenvalue weighted by Crippen LogP contribution is -2.50. The van der Waals surface area contributed by atoms with Crippen LogP contribution in [-0.2, 0) is 0 Å². The molecule has 2 amide bonds. The van der Waals surface area contributed by atoms with Crippen LogP contribution < -0.4 is 5.32 Å². The second-order valence-corrected chi connectivity index (χ2v) is 6.69. The molecule has 2 N–H and O–H groups in total. The summed E-state index contributed by atoms with van der Waals surface area (Å²) in [7, 11) is 0. The Morgan fingerprint density at radius 1 is 1.38 bits per heavy atom. The maximum Gasteiger partial charge on any atom is 0.318 e. The lowest BCUT2D eigenvalue weighted by Gasteiger charge is -2.37. The van der Waals surface area contributed by atoms with E-state index in [2.05, 4.69) is 5.32 Å². The quantitative estimate of drug-likeness (QED) is 0.860. The molecule has 24 heavy (non-hydrogen) atoms. The standard InChI is InChI=1S/C18H26F2N2O2/c1-12(2)17(15-7-6-13(19)11-16(15)20)21-18(24)22-9-4-3-5-14(22)8-10-23/h6-7,11-12,14,17,23H,3-5,8-10H2,1-2H3,(H,21,24). The lowest BCUT2D eigenvalue weighted by molar-refractivity contribution is 0.127. The fourth-order valence-corrected chi connectivity index (χ4v) is 3.29. The summed E-state index contributed by atoms with van der Waals surface area (Å²) in [5.41, 5.74) is 0.287. The molecule has 1 fully saturated rings. The Balaban J connectivity index is 2.16. The largest absolute Gasteiger partial charge is 0.396 e. The molecule has 1 aliphatic rings. The highest BCUT2D eigenvalue weighted by Crippen LogP contribution is 2.26. The van der Waals surface area contributed by atoms with Gasteiger partial charge in [-0.05, 0) is 37.7 Å². The summed E-state index contributed by atoms with van der Waals surface area (Å²) < 4.78 is 27.3. The van der Waals surface area contributed by atoms with E-state index in [9.17, 15) is 18.7 Å². The highest BCUT2D eigenvalue weighted by molar-refractivity contribution is 5.75. The van der Waals surface area contributed by atoms with Crippen molar-refractivity contribution in [3.63, 3.8) is 0 Å². The molecule has 6 heteroatoms. The van der Waals surface area contributed by atoms with E-state index >= 15 is 0 Å². The van der Waals surface area contributed by atoms with E-state index in [0.717, 1.165) is 25.3 Å². The van der Waals surface area contributed by atoms with Gasteiger partial charge in [-0.1, -0.05) is 19.9 Å². The SMILES string of the molecule is CC(C)C(NC(=O)N1CCCCC1CCO)c1ccc(F)cc1F. The van der Waals surface area contributed by atoms with Gasteiger partial charge >= 0.3 is 6.03 Å². The molecule has 0 aromatic heterocycles. The number of urea groups is 1. The number of nitrogens with zero attached hydrogens (tertiary/aromatic N) is 1. The van der Waals surface area contributed by atoms with Gasteiger partial charge < -0.3 is 15.3 Å². The first-order valence-corrected chi connectivity index (χ1v) is 8.57. The van der Waals surface area contributed by atoms with Gasteiger partial charge in [0, 0.05) is 30.8 Å². The molecular weight excluding hydrogens is 314 g/mol. The number of amides is 2. The molecule has 0 aliphatic carbocycles. The van der Waals surface area contributed by atoms with Crippen molar-refractivity contribution >= 4 is 6.03 Å². The zero-order valence-electron chi connectivity index (χ0n) is 14.3. The smallest absolute Gasteiger partial charge is 0.318 e. The Morgan fingerprint density at radius 2 is 2.12 bits per heavy atom. The summed E-state index contributed by atoms with van der Waals surface area (Å²) in [5, 5.41) is 12.1. The molecule has 0 bridgehead atoms. The van der Waals surface area contributed by atoms with Crippen molar-refractivity contribution in [2.75, 3.05) is 13.2 Å². The Hall–Kier alpha value is -1.69. The van der Waals surface area contributed by atoms with Gasteiger partial charge in [0.2, 0.25) is 0 Å². The normalized spacial score (nSPS) is 19.4. The van der Waals surface area contributed by atoms with Crippen LogP contribution in [-0.4, -0.2) is 35.2 Å². The monoisotopic (exact) mass is 340 g/mol. The van der Waals surface area contributed by atoms with Crippen molar-refractivity contribution in [3.8, 4) is 0 Å². The predicted octanol–water partition coefficient (Wildman–Crippen LogP) is 3.61. The number of carbonyl (C=O) groups excluding carboxylic acids is 1. The van der Waals surface area contributed by atoms with Crippen molar-refractivity contribution in [2.45, 2.75) is 51.6 Å². The van der Waals surface area contributed by atoms with E-state index in [0.29, 0.717) is 13.0 Å². The highest BCUT2D eigenvalue weighted by atomic mass is 19.1. The van der Waals surface area contributed by atoms with E-state index in [1.54, 1.807) is 4.90 Å². The van der Waals surface area contributed by atoms with Gasteiger partial charge in [0.1, 0.15) is 11.6 Å². The van der Waals surface area contributed by atoms with E-state index in [4.69, 9.17) is 0 Å². The number of hydrogen-bond donors (Lipinski definition) is 2. The van der Waals surface area contributed by atoms with E-state index in [1.807, 2.05) is 13.8 Å². The minimum Gasteiger partial charge on any atom is -0.396 e. The molecule has 0 spiro atoms. The van der Waals surface area contributed by atoms with Gasteiger partial charge in [0.15, 0.2) is 0 Å². The van der Waals surface area contributed by atoms with E-state index < -0.39 is 17.7 Å². The number of piperidine rings is 1. The summed E-state index contributed by atoms with van der Waals surface area (Å²) in [6, 6.07) is 2.65. The van der Waals surface area contributed by atoms with Crippen molar-refractivity contribution < 1.29 is 18.7 Å². The first-order valence-electron chi connectivity index (χ1n) is 8.57. The van der Waals surface area contributed by atoms with Gasteiger partial charge in [-0.15, -0.1) is 0 Å². The summed E-state index contributed by atoms with van der Waals surface area (Å²) >= 11 is 0. The molecule has 1 aliphatic heterocycles. The summed E-state index contributed by atoms with van der Waals surface area (Å²) in [6.45, 7) is 4.44. The highest BCUT2D eigenvalue weighted by Gasteiger charge is 2.29. The maximum atomic E-state index is 14.1. The van der Waals surface area contributed by atoms with Crippen LogP contribution in [0.1, 0.15) is 51.1 Å². The molecule has 1 saturated heterocycles. The van der Waals surface area contributed by atoms with Crippen molar-refractivity contribution in [3.05, 3.63) is 35.4 Å². The van der Waals surface area contributed by atoms with Gasteiger partial charge in [-0.2, -0.15) is 0 Å². The molecule has 1 aromatic rings. The van der Waals surface area contributed by atoms with Crippen LogP contribution in [0.4, 0.5) is 13.6 Å². The molecule has 1 aromatic carbocycles. The third-order valence-electron chi connectivity index (χ3n) is 4.59. The third-order valence-corrected chi connectivity index (χ3v) is 4.59. The molecule has 2 atom stereocenters. The Labute approximate surface area is 141 Å². The number of halogens is 2. The molecular formula is C18H26F2N2O2. The number of aliphatic hydroxyl groups excluding tert-OH is 1. The maximum absolute atomic E-state index is 14.1. The molecule has 0 saturated carbocycles. The molecule has 0 radical (unpaired) electrons. The van der Waals surface area contributed by atoms with Crippen LogP contribution in [0, 0.1) is 17.6 Å². The number of hydrogen-bond acceptors (Lipinski definition) is 2. The minimum atomic E-state index is -0.653. The van der Waals surface area contributed by atoms with Crippen LogP contribution in [0.25, 0.3) is 0 Å². The van der Waals surface area contributed by atoms with Crippen LogP contribution >= 0.6 is 0 Å². The average molecular weight is 340 g/mol. The number of rotatable bonds is 5. The van der Waals surface area contributed by atoms with Crippen molar-refractivity contribution in [1.29, 1.82) is 0 Å². The predicted molar refractivity (Wildman–Crippen MR) is 88.5 cm³/mol. The third kappa shape index (κ3) is 4.44.